The summed E-state index contributed by atoms with van der Waals surface area (Å²) in [6.07, 6.45) is 1.13. The average Bonchev–Trinajstić information content (AvgIpc) is 2.89. The van der Waals surface area contributed by atoms with E-state index in [9.17, 15) is 4.79 Å². The van der Waals surface area contributed by atoms with E-state index in [2.05, 4.69) is 29.3 Å². The number of likely N-dealkylation sites (tertiary alicyclic amines) is 1. The van der Waals surface area contributed by atoms with Crippen LogP contribution in [0.25, 0.3) is 0 Å². The molecule has 1 aromatic carbocycles. The number of nitrogens with one attached hydrogen (secondary N) is 1. The Morgan fingerprint density at radius 2 is 2.20 bits per heavy atom. The molecule has 1 heterocycles. The molecule has 4 nitrogen and oxygen atoms in total. The summed E-state index contributed by atoms with van der Waals surface area (Å²) in [6, 6.07) is 8.77. The lowest BCUT2D eigenvalue weighted by Crippen LogP contribution is -2.38. The highest BCUT2D eigenvalue weighted by molar-refractivity contribution is 5.78. The third kappa shape index (κ3) is 3.81. The van der Waals surface area contributed by atoms with Gasteiger partial charge >= 0.3 is 0 Å². The van der Waals surface area contributed by atoms with Crippen molar-refractivity contribution in [3.63, 3.8) is 0 Å². The molecule has 20 heavy (non-hydrogen) atoms. The summed E-state index contributed by atoms with van der Waals surface area (Å²) in [6.45, 7) is 5.29. The van der Waals surface area contributed by atoms with Gasteiger partial charge in [-0.2, -0.15) is 0 Å². The molecular weight excluding hydrogens is 250 g/mol. The van der Waals surface area contributed by atoms with Gasteiger partial charge in [0.15, 0.2) is 0 Å². The highest BCUT2D eigenvalue weighted by atomic mass is 16.2. The van der Waals surface area contributed by atoms with Gasteiger partial charge in [0.05, 0.1) is 6.54 Å². The smallest absolute Gasteiger partial charge is 0.236 e. The van der Waals surface area contributed by atoms with Crippen LogP contribution in [0.5, 0.6) is 0 Å². The third-order valence-electron chi connectivity index (χ3n) is 4.13. The molecule has 0 aromatic heterocycles. The summed E-state index contributed by atoms with van der Waals surface area (Å²) >= 11 is 0. The molecule has 1 amide bonds. The minimum absolute atomic E-state index is 0.199. The van der Waals surface area contributed by atoms with Crippen molar-refractivity contribution in [1.82, 2.24) is 15.1 Å². The summed E-state index contributed by atoms with van der Waals surface area (Å²) in [4.78, 5) is 16.3. The van der Waals surface area contributed by atoms with Gasteiger partial charge in [-0.3, -0.25) is 9.69 Å². The number of aryl methyl sites for hydroxylation is 1. The lowest BCUT2D eigenvalue weighted by Gasteiger charge is -2.22. The maximum atomic E-state index is 12.3. The number of amides is 1. The van der Waals surface area contributed by atoms with E-state index in [1.165, 1.54) is 11.1 Å². The Labute approximate surface area is 121 Å². The van der Waals surface area contributed by atoms with Crippen LogP contribution < -0.4 is 5.32 Å². The van der Waals surface area contributed by atoms with Crippen LogP contribution >= 0.6 is 0 Å². The van der Waals surface area contributed by atoms with E-state index in [-0.39, 0.29) is 5.91 Å². The molecule has 1 atom stereocenters. The largest absolute Gasteiger partial charge is 0.340 e. The fourth-order valence-electron chi connectivity index (χ4n) is 2.66. The Balaban J connectivity index is 1.85. The number of rotatable bonds is 5. The van der Waals surface area contributed by atoms with E-state index in [4.69, 9.17) is 0 Å². The molecule has 1 fully saturated rings. The second kappa shape index (κ2) is 6.86. The van der Waals surface area contributed by atoms with Crippen LogP contribution in [0.3, 0.4) is 0 Å². The van der Waals surface area contributed by atoms with Gasteiger partial charge in [-0.1, -0.05) is 24.3 Å². The van der Waals surface area contributed by atoms with Crippen LogP contribution in [0, 0.1) is 6.92 Å². The van der Waals surface area contributed by atoms with Crippen molar-refractivity contribution >= 4 is 5.91 Å². The van der Waals surface area contributed by atoms with Gasteiger partial charge in [0.1, 0.15) is 0 Å². The summed E-state index contributed by atoms with van der Waals surface area (Å²) in [5.74, 6) is 0.199. The predicted molar refractivity (Wildman–Crippen MR) is 81.6 cm³/mol. The van der Waals surface area contributed by atoms with Gasteiger partial charge in [-0.25, -0.2) is 0 Å². The van der Waals surface area contributed by atoms with Gasteiger partial charge in [0.2, 0.25) is 5.91 Å². The monoisotopic (exact) mass is 275 g/mol. The zero-order valence-electron chi connectivity index (χ0n) is 12.7. The molecule has 0 spiro atoms. The molecule has 0 radical (unpaired) electrons. The van der Waals surface area contributed by atoms with Crippen molar-refractivity contribution in [3.05, 3.63) is 35.4 Å². The first-order valence-electron chi connectivity index (χ1n) is 7.28. The zero-order chi connectivity index (χ0) is 14.5. The number of likely N-dealkylation sites (N-methyl/N-ethyl adjacent to an activating group) is 2. The first-order valence-corrected chi connectivity index (χ1v) is 7.28. The van der Waals surface area contributed by atoms with Gasteiger partial charge in [-0.15, -0.1) is 0 Å². The molecular formula is C16H25N3O. The molecule has 1 saturated heterocycles. The van der Waals surface area contributed by atoms with Gasteiger partial charge in [0, 0.05) is 32.7 Å². The molecule has 1 aliphatic heterocycles. The molecule has 1 N–H and O–H groups in total. The standard InChI is InChI=1S/C16H25N3O/c1-13-6-4-5-7-14(13)10-18(3)16(20)12-19-9-8-15(11-19)17-2/h4-7,15,17H,8-12H2,1-3H3. The maximum Gasteiger partial charge on any atom is 0.236 e. The summed E-state index contributed by atoms with van der Waals surface area (Å²) < 4.78 is 0. The highest BCUT2D eigenvalue weighted by Crippen LogP contribution is 2.11. The van der Waals surface area contributed by atoms with Crippen molar-refractivity contribution < 1.29 is 4.79 Å². The SMILES string of the molecule is CNC1CCN(CC(=O)N(C)Cc2ccccc2C)C1. The molecule has 0 saturated carbocycles. The summed E-state index contributed by atoms with van der Waals surface area (Å²) in [7, 11) is 3.88. The molecule has 2 rings (SSSR count). The van der Waals surface area contributed by atoms with Crippen molar-refractivity contribution in [2.75, 3.05) is 33.7 Å². The minimum atomic E-state index is 0.199. The second-order valence-electron chi connectivity index (χ2n) is 5.69. The fraction of sp³-hybridized carbons (Fsp3) is 0.562. The number of carbonyl (C=O) groups excluding carboxylic acids is 1. The molecule has 1 aliphatic rings. The number of carbonyl (C=O) groups is 1. The van der Waals surface area contributed by atoms with Crippen molar-refractivity contribution in [2.45, 2.75) is 25.9 Å². The average molecular weight is 275 g/mol. The van der Waals surface area contributed by atoms with Crippen molar-refractivity contribution in [3.8, 4) is 0 Å². The lowest BCUT2D eigenvalue weighted by molar-refractivity contribution is -0.131. The third-order valence-corrected chi connectivity index (χ3v) is 4.13. The Morgan fingerprint density at radius 1 is 1.45 bits per heavy atom. The van der Waals surface area contributed by atoms with Crippen LogP contribution in [-0.2, 0) is 11.3 Å². The molecule has 1 unspecified atom stereocenters. The second-order valence-corrected chi connectivity index (χ2v) is 5.69. The Kier molecular flexibility index (Phi) is 5.15. The Hall–Kier alpha value is -1.39. The first kappa shape index (κ1) is 15.0. The van der Waals surface area contributed by atoms with Gasteiger partial charge < -0.3 is 10.2 Å². The van der Waals surface area contributed by atoms with E-state index in [1.54, 1.807) is 0 Å². The van der Waals surface area contributed by atoms with E-state index in [0.717, 1.165) is 19.5 Å². The van der Waals surface area contributed by atoms with E-state index in [1.807, 2.05) is 31.1 Å². The quantitative estimate of drug-likeness (QED) is 0.878. The van der Waals surface area contributed by atoms with Crippen LogP contribution in [0.15, 0.2) is 24.3 Å². The zero-order valence-corrected chi connectivity index (χ0v) is 12.7. The molecule has 1 aromatic rings. The van der Waals surface area contributed by atoms with Crippen LogP contribution in [0.1, 0.15) is 17.5 Å². The number of hydrogen-bond acceptors (Lipinski definition) is 3. The van der Waals surface area contributed by atoms with Crippen LogP contribution in [-0.4, -0.2) is 55.5 Å². The van der Waals surface area contributed by atoms with Crippen molar-refractivity contribution in [2.24, 2.45) is 0 Å². The van der Waals surface area contributed by atoms with Crippen LogP contribution in [0.4, 0.5) is 0 Å². The van der Waals surface area contributed by atoms with E-state index in [0.29, 0.717) is 19.1 Å². The lowest BCUT2D eigenvalue weighted by atomic mass is 10.1. The molecule has 0 aliphatic carbocycles. The number of hydrogen-bond donors (Lipinski definition) is 1. The van der Waals surface area contributed by atoms with Gasteiger partial charge in [-0.05, 0) is 31.5 Å². The Bertz CT molecular complexity index is 461. The first-order chi connectivity index (χ1) is 9.60. The van der Waals surface area contributed by atoms with Gasteiger partial charge in [0.25, 0.3) is 0 Å². The van der Waals surface area contributed by atoms with Crippen molar-refractivity contribution in [1.29, 1.82) is 0 Å². The fourth-order valence-corrected chi connectivity index (χ4v) is 2.66. The van der Waals surface area contributed by atoms with E-state index >= 15 is 0 Å². The highest BCUT2D eigenvalue weighted by Gasteiger charge is 2.23. The van der Waals surface area contributed by atoms with Crippen LogP contribution in [0.2, 0.25) is 0 Å². The normalized spacial score (nSPS) is 19.2. The topological polar surface area (TPSA) is 35.6 Å². The summed E-state index contributed by atoms with van der Waals surface area (Å²) in [5.41, 5.74) is 2.46. The number of benzene rings is 1. The minimum Gasteiger partial charge on any atom is -0.340 e. The molecule has 110 valence electrons. The molecule has 0 bridgehead atoms. The summed E-state index contributed by atoms with van der Waals surface area (Å²) in [5, 5.41) is 3.28. The predicted octanol–water partition coefficient (Wildman–Crippen LogP) is 1.25. The Morgan fingerprint density at radius 3 is 2.85 bits per heavy atom. The molecule has 4 heteroatoms. The van der Waals surface area contributed by atoms with E-state index < -0.39 is 0 Å². The maximum absolute atomic E-state index is 12.3. The number of nitrogens with zero attached hydrogens (tertiary/aromatic N) is 2.